The molecular formula is C23H41O6P. The summed E-state index contributed by atoms with van der Waals surface area (Å²) in [5.74, 6) is -0.226. The summed E-state index contributed by atoms with van der Waals surface area (Å²) in [6.07, 6.45) is 13.8. The van der Waals surface area contributed by atoms with Gasteiger partial charge in [-0.3, -0.25) is 0 Å². The molecule has 1 saturated heterocycles. The lowest BCUT2D eigenvalue weighted by atomic mass is 9.84. The highest BCUT2D eigenvalue weighted by atomic mass is 31.0. The highest BCUT2D eigenvalue weighted by molar-refractivity contribution is 7.09. The van der Waals surface area contributed by atoms with Gasteiger partial charge in [-0.1, -0.05) is 32.3 Å². The van der Waals surface area contributed by atoms with Crippen molar-refractivity contribution < 1.29 is 28.6 Å². The normalized spacial score (nSPS) is 28.4. The Bertz CT molecular complexity index is 520. The van der Waals surface area contributed by atoms with Gasteiger partial charge in [-0.25, -0.2) is 4.79 Å². The van der Waals surface area contributed by atoms with Crippen LogP contribution in [0.15, 0.2) is 12.2 Å². The van der Waals surface area contributed by atoms with Crippen molar-refractivity contribution >= 4 is 15.4 Å². The van der Waals surface area contributed by atoms with Gasteiger partial charge in [0.1, 0.15) is 0 Å². The van der Waals surface area contributed by atoms with E-state index in [2.05, 4.69) is 21.1 Å². The van der Waals surface area contributed by atoms with Crippen LogP contribution in [0.2, 0.25) is 0 Å². The van der Waals surface area contributed by atoms with Gasteiger partial charge >= 0.3 is 5.97 Å². The van der Waals surface area contributed by atoms with Crippen molar-refractivity contribution in [3.8, 4) is 0 Å². The Morgan fingerprint density at radius 1 is 1.13 bits per heavy atom. The lowest BCUT2D eigenvalue weighted by Crippen LogP contribution is -2.33. The number of methoxy groups -OCH3 is 1. The molecule has 6 nitrogen and oxygen atoms in total. The molecule has 2 aliphatic rings. The summed E-state index contributed by atoms with van der Waals surface area (Å²) < 4.78 is 22.4. The van der Waals surface area contributed by atoms with Crippen LogP contribution < -0.4 is 0 Å². The van der Waals surface area contributed by atoms with Gasteiger partial charge in [0, 0.05) is 34.8 Å². The molecule has 0 spiro atoms. The second-order valence-corrected chi connectivity index (χ2v) is 8.89. The Kier molecular flexibility index (Phi) is 11.8. The number of hydrogen-bond donors (Lipinski definition) is 1. The molecule has 5 atom stereocenters. The number of ether oxygens (including phenoxy) is 3. The minimum absolute atomic E-state index is 0.0586. The molecule has 1 N–H and O–H groups in total. The quantitative estimate of drug-likeness (QED) is 0.183. The molecule has 0 aromatic carbocycles. The zero-order valence-corrected chi connectivity index (χ0v) is 19.9. The average Bonchev–Trinajstić information content (AvgIpc) is 3.33. The van der Waals surface area contributed by atoms with Crippen molar-refractivity contribution in [3.63, 3.8) is 0 Å². The fraction of sp³-hybridized carbons (Fsp3) is 0.870. The van der Waals surface area contributed by atoms with Crippen LogP contribution in [0.4, 0.5) is 0 Å². The van der Waals surface area contributed by atoms with Gasteiger partial charge in [0.15, 0.2) is 5.79 Å². The molecule has 0 aromatic heterocycles. The van der Waals surface area contributed by atoms with E-state index in [9.17, 15) is 9.90 Å². The highest BCUT2D eigenvalue weighted by Crippen LogP contribution is 2.43. The van der Waals surface area contributed by atoms with E-state index in [0.29, 0.717) is 25.6 Å². The average molecular weight is 445 g/mol. The van der Waals surface area contributed by atoms with Crippen molar-refractivity contribution in [1.82, 2.24) is 0 Å². The Labute approximate surface area is 184 Å². The van der Waals surface area contributed by atoms with Gasteiger partial charge in [0.05, 0.1) is 32.5 Å². The Balaban J connectivity index is 1.85. The zero-order valence-electron chi connectivity index (χ0n) is 18.7. The predicted octanol–water partition coefficient (Wildman–Crippen LogP) is 4.55. The molecule has 0 aromatic rings. The maximum absolute atomic E-state index is 11.1. The molecule has 0 bridgehead atoms. The van der Waals surface area contributed by atoms with E-state index in [-0.39, 0.29) is 24.1 Å². The molecule has 1 aliphatic carbocycles. The summed E-state index contributed by atoms with van der Waals surface area (Å²) in [4.78, 5) is 11.1. The van der Waals surface area contributed by atoms with Crippen molar-refractivity contribution in [2.45, 2.75) is 95.5 Å². The highest BCUT2D eigenvalue weighted by Gasteiger charge is 2.44. The van der Waals surface area contributed by atoms with Crippen molar-refractivity contribution in [3.05, 3.63) is 12.2 Å². The maximum atomic E-state index is 11.1. The Hall–Kier alpha value is -0.520. The first-order chi connectivity index (χ1) is 14.5. The third-order valence-electron chi connectivity index (χ3n) is 6.62. The lowest BCUT2D eigenvalue weighted by Gasteiger charge is -2.31. The number of esters is 1. The topological polar surface area (TPSA) is 74.2 Å². The van der Waals surface area contributed by atoms with Crippen LogP contribution in [0.1, 0.15) is 77.6 Å². The van der Waals surface area contributed by atoms with E-state index in [1.54, 1.807) is 0 Å². The molecule has 0 radical (unpaired) electrons. The molecule has 0 amide bonds. The van der Waals surface area contributed by atoms with Crippen molar-refractivity contribution in [2.75, 3.05) is 20.3 Å². The minimum Gasteiger partial charge on any atom is -0.466 e. The first-order valence-electron chi connectivity index (χ1n) is 11.6. The van der Waals surface area contributed by atoms with Gasteiger partial charge in [-0.15, -0.1) is 0 Å². The summed E-state index contributed by atoms with van der Waals surface area (Å²) >= 11 is 0. The largest absolute Gasteiger partial charge is 0.466 e. The molecule has 4 unspecified atom stereocenters. The number of carbonyl (C=O) groups excluding carboxylic acids is 1. The molecule has 1 aliphatic heterocycles. The van der Waals surface area contributed by atoms with Crippen molar-refractivity contribution in [1.29, 1.82) is 0 Å². The van der Waals surface area contributed by atoms with Gasteiger partial charge in [0.25, 0.3) is 0 Å². The smallest absolute Gasteiger partial charge is 0.330 e. The number of hydrogen-bond acceptors (Lipinski definition) is 6. The summed E-state index contributed by atoms with van der Waals surface area (Å²) in [6.45, 7) is 3.55. The van der Waals surface area contributed by atoms with Crippen molar-refractivity contribution in [2.24, 2.45) is 11.8 Å². The zero-order chi connectivity index (χ0) is 21.8. The van der Waals surface area contributed by atoms with E-state index in [1.807, 2.05) is 6.08 Å². The summed E-state index contributed by atoms with van der Waals surface area (Å²) in [5, 5.41) is 10.7. The second-order valence-electron chi connectivity index (χ2n) is 8.62. The van der Waals surface area contributed by atoms with Crippen LogP contribution >= 0.6 is 9.47 Å². The van der Waals surface area contributed by atoms with Crippen LogP contribution in [0.25, 0.3) is 0 Å². The maximum Gasteiger partial charge on any atom is 0.330 e. The molecule has 30 heavy (non-hydrogen) atoms. The fourth-order valence-corrected chi connectivity index (χ4v) is 5.26. The summed E-state index contributed by atoms with van der Waals surface area (Å²) in [6, 6.07) is 0. The third-order valence-corrected chi connectivity index (χ3v) is 6.97. The number of aliphatic hydroxyl groups excluding tert-OH is 1. The minimum atomic E-state index is -0.447. The van der Waals surface area contributed by atoms with Gasteiger partial charge < -0.3 is 23.8 Å². The third kappa shape index (κ3) is 7.87. The Morgan fingerprint density at radius 3 is 2.57 bits per heavy atom. The number of unbranched alkanes of at least 4 members (excludes halogenated alkanes) is 4. The second kappa shape index (κ2) is 13.8. The molecule has 174 valence electrons. The number of carbonyl (C=O) groups is 1. The molecule has 1 heterocycles. The van der Waals surface area contributed by atoms with Crippen LogP contribution in [0.5, 0.6) is 0 Å². The van der Waals surface area contributed by atoms with E-state index >= 15 is 0 Å². The first kappa shape index (κ1) is 25.7. The molecule has 2 rings (SSSR count). The van der Waals surface area contributed by atoms with Crippen LogP contribution in [0.3, 0.4) is 0 Å². The molecular weight excluding hydrogens is 403 g/mol. The first-order valence-corrected chi connectivity index (χ1v) is 12.1. The molecule has 2 fully saturated rings. The van der Waals surface area contributed by atoms with Crippen LogP contribution in [0, 0.1) is 11.8 Å². The van der Waals surface area contributed by atoms with Gasteiger partial charge in [0.2, 0.25) is 0 Å². The fourth-order valence-electron chi connectivity index (χ4n) is 4.94. The van der Waals surface area contributed by atoms with E-state index in [0.717, 1.165) is 51.4 Å². The molecule has 1 saturated carbocycles. The summed E-state index contributed by atoms with van der Waals surface area (Å²) in [7, 11) is 3.77. The van der Waals surface area contributed by atoms with Crippen LogP contribution in [-0.4, -0.2) is 49.4 Å². The van der Waals surface area contributed by atoms with Crippen LogP contribution in [-0.2, 0) is 23.5 Å². The number of allylic oxidation sites excluding steroid dienone is 1. The van der Waals surface area contributed by atoms with E-state index in [4.69, 9.17) is 14.0 Å². The monoisotopic (exact) mass is 444 g/mol. The SMILES string of the molecule is CCCCCC1(CC[C@H]2C(OP)CC(O)C2CCCC/C=C/C(=O)OC)OCCO1. The standard InChI is InChI=1S/C23H41O6P/c1-3-4-9-13-23(27-15-16-28-23)14-12-19-18(20(24)17-21(19)29-30)10-7-5-6-8-11-22(25)26-2/h8,11,18-21,24H,3-7,9-10,12-17,30H2,1-2H3/b11-8+/t18?,19-,20?,21?/m1/s1. The van der Waals surface area contributed by atoms with E-state index < -0.39 is 5.79 Å². The van der Waals surface area contributed by atoms with Gasteiger partial charge in [-0.2, -0.15) is 0 Å². The van der Waals surface area contributed by atoms with Gasteiger partial charge in [-0.05, 0) is 43.9 Å². The molecule has 7 heteroatoms. The van der Waals surface area contributed by atoms with E-state index in [1.165, 1.54) is 26.0 Å². The number of aliphatic hydroxyl groups is 1. The number of rotatable bonds is 14. The Morgan fingerprint density at radius 2 is 1.90 bits per heavy atom. The lowest BCUT2D eigenvalue weighted by molar-refractivity contribution is -0.171. The predicted molar refractivity (Wildman–Crippen MR) is 120 cm³/mol. The summed E-state index contributed by atoms with van der Waals surface area (Å²) in [5.41, 5.74) is 0.